The van der Waals surface area contributed by atoms with E-state index in [1.165, 1.54) is 6.20 Å². The zero-order valence-electron chi connectivity index (χ0n) is 11.9. The Morgan fingerprint density at radius 1 is 1.13 bits per heavy atom. The summed E-state index contributed by atoms with van der Waals surface area (Å²) in [5.74, 6) is 0.384. The molecule has 0 saturated heterocycles. The van der Waals surface area contributed by atoms with E-state index in [4.69, 9.17) is 21.1 Å². The van der Waals surface area contributed by atoms with Gasteiger partial charge in [0.1, 0.15) is 13.2 Å². The fourth-order valence-electron chi connectivity index (χ4n) is 2.75. The van der Waals surface area contributed by atoms with E-state index < -0.39 is 5.97 Å². The van der Waals surface area contributed by atoms with Gasteiger partial charge in [-0.25, -0.2) is 4.79 Å². The Hall–Kier alpha value is -2.66. The third-order valence-corrected chi connectivity index (χ3v) is 4.17. The van der Waals surface area contributed by atoms with Crippen LogP contribution in [-0.4, -0.2) is 29.3 Å². The van der Waals surface area contributed by atoms with Crippen molar-refractivity contribution in [1.29, 1.82) is 0 Å². The van der Waals surface area contributed by atoms with Gasteiger partial charge in [0.15, 0.2) is 11.5 Å². The molecule has 0 spiro atoms. The number of hydrogen-bond donors (Lipinski definition) is 2. The van der Waals surface area contributed by atoms with Gasteiger partial charge < -0.3 is 19.6 Å². The molecule has 23 heavy (non-hydrogen) atoms. The number of aromatic amines is 1. The minimum Gasteiger partial charge on any atom is -0.486 e. The van der Waals surface area contributed by atoms with Gasteiger partial charge in [-0.2, -0.15) is 0 Å². The molecule has 0 fully saturated rings. The third-order valence-electron chi connectivity index (χ3n) is 3.85. The minimum absolute atomic E-state index is 0.218. The second-order valence-electron chi connectivity index (χ2n) is 5.24. The van der Waals surface area contributed by atoms with Gasteiger partial charge in [-0.1, -0.05) is 17.7 Å². The molecule has 116 valence electrons. The minimum atomic E-state index is -0.980. The molecular weight excluding hydrogens is 318 g/mol. The van der Waals surface area contributed by atoms with Crippen molar-refractivity contribution in [1.82, 2.24) is 4.98 Å². The van der Waals surface area contributed by atoms with E-state index in [-0.39, 0.29) is 5.56 Å². The maximum atomic E-state index is 11.3. The summed E-state index contributed by atoms with van der Waals surface area (Å²) in [6.45, 7) is 1.04. The van der Waals surface area contributed by atoms with Crippen LogP contribution in [0.5, 0.6) is 11.5 Å². The molecule has 1 aliphatic heterocycles. The third kappa shape index (κ3) is 2.29. The molecule has 0 aliphatic carbocycles. The number of hydrogen-bond acceptors (Lipinski definition) is 3. The number of carboxylic acid groups (broad SMARTS) is 1. The second-order valence-corrected chi connectivity index (χ2v) is 5.65. The first-order valence-electron chi connectivity index (χ1n) is 7.07. The van der Waals surface area contributed by atoms with Crippen molar-refractivity contribution in [3.05, 3.63) is 47.1 Å². The molecule has 1 aliphatic rings. The van der Waals surface area contributed by atoms with Crippen LogP contribution in [-0.2, 0) is 0 Å². The predicted octanol–water partition coefficient (Wildman–Crippen LogP) is 3.96. The van der Waals surface area contributed by atoms with E-state index >= 15 is 0 Å². The lowest BCUT2D eigenvalue weighted by Gasteiger charge is -2.19. The van der Waals surface area contributed by atoms with Crippen molar-refractivity contribution in [2.45, 2.75) is 0 Å². The van der Waals surface area contributed by atoms with Crippen molar-refractivity contribution in [3.8, 4) is 22.6 Å². The molecule has 4 rings (SSSR count). The zero-order chi connectivity index (χ0) is 16.0. The molecule has 0 bridgehead atoms. The van der Waals surface area contributed by atoms with E-state index in [0.717, 1.165) is 11.1 Å². The summed E-state index contributed by atoms with van der Waals surface area (Å²) < 4.78 is 11.1. The van der Waals surface area contributed by atoms with E-state index in [9.17, 15) is 9.90 Å². The van der Waals surface area contributed by atoms with Crippen molar-refractivity contribution in [2.75, 3.05) is 13.2 Å². The molecule has 0 saturated carbocycles. The van der Waals surface area contributed by atoms with Gasteiger partial charge in [-0.15, -0.1) is 0 Å². The van der Waals surface area contributed by atoms with Crippen LogP contribution in [0.1, 0.15) is 10.4 Å². The quantitative estimate of drug-likeness (QED) is 0.746. The Kier molecular flexibility index (Phi) is 3.16. The van der Waals surface area contributed by atoms with Crippen molar-refractivity contribution in [2.24, 2.45) is 0 Å². The summed E-state index contributed by atoms with van der Waals surface area (Å²) in [5.41, 5.74) is 2.50. The maximum Gasteiger partial charge on any atom is 0.337 e. The molecule has 6 heteroatoms. The zero-order valence-corrected chi connectivity index (χ0v) is 12.7. The Bertz CT molecular complexity index is 932. The topological polar surface area (TPSA) is 71.5 Å². The highest BCUT2D eigenvalue weighted by molar-refractivity contribution is 6.34. The molecule has 0 atom stereocenters. The molecule has 2 heterocycles. The molecule has 3 aromatic rings. The summed E-state index contributed by atoms with van der Waals surface area (Å²) in [5, 5.41) is 10.4. The Balaban J connectivity index is 1.89. The maximum absolute atomic E-state index is 11.3. The lowest BCUT2D eigenvalue weighted by Crippen LogP contribution is -2.15. The highest BCUT2D eigenvalue weighted by Gasteiger charge is 2.17. The number of carboxylic acids is 1. The number of carbonyl (C=O) groups is 1. The van der Waals surface area contributed by atoms with E-state index in [0.29, 0.717) is 40.6 Å². The van der Waals surface area contributed by atoms with Crippen LogP contribution >= 0.6 is 11.6 Å². The normalized spacial score (nSPS) is 13.3. The lowest BCUT2D eigenvalue weighted by molar-refractivity contribution is 0.0699. The SMILES string of the molecule is O=C(O)c1c[nH]c2cc(Cl)c(-c3ccc4c(c3)OCCO4)cc12. The number of nitrogens with one attached hydrogen (secondary N) is 1. The number of benzene rings is 2. The number of halogens is 1. The van der Waals surface area contributed by atoms with Crippen LogP contribution < -0.4 is 9.47 Å². The lowest BCUT2D eigenvalue weighted by atomic mass is 10.0. The number of rotatable bonds is 2. The average molecular weight is 330 g/mol. The molecular formula is C17H12ClNO4. The molecule has 1 aromatic heterocycles. The molecule has 2 N–H and O–H groups in total. The van der Waals surface area contributed by atoms with Gasteiger partial charge >= 0.3 is 5.97 Å². The molecule has 0 unspecified atom stereocenters. The first kappa shape index (κ1) is 14.0. The Morgan fingerprint density at radius 2 is 1.91 bits per heavy atom. The fourth-order valence-corrected chi connectivity index (χ4v) is 3.03. The molecule has 2 aromatic carbocycles. The van der Waals surface area contributed by atoms with E-state index in [1.807, 2.05) is 18.2 Å². The molecule has 5 nitrogen and oxygen atoms in total. The van der Waals surface area contributed by atoms with Gasteiger partial charge in [-0.3, -0.25) is 0 Å². The van der Waals surface area contributed by atoms with E-state index in [2.05, 4.69) is 4.98 Å². The monoisotopic (exact) mass is 329 g/mol. The standard InChI is InChI=1S/C17H12ClNO4/c18-13-7-14-11(12(8-19-14)17(20)21)6-10(13)9-1-2-15-16(5-9)23-4-3-22-15/h1-2,5-8,19H,3-4H2,(H,20,21). The first-order chi connectivity index (χ1) is 11.1. The van der Waals surface area contributed by atoms with Crippen molar-refractivity contribution in [3.63, 3.8) is 0 Å². The smallest absolute Gasteiger partial charge is 0.337 e. The van der Waals surface area contributed by atoms with Gasteiger partial charge in [0.2, 0.25) is 0 Å². The fraction of sp³-hybridized carbons (Fsp3) is 0.118. The van der Waals surface area contributed by atoms with E-state index in [1.54, 1.807) is 12.1 Å². The van der Waals surface area contributed by atoms with Crippen LogP contribution in [0.4, 0.5) is 0 Å². The van der Waals surface area contributed by atoms with Crippen molar-refractivity contribution >= 4 is 28.5 Å². The highest BCUT2D eigenvalue weighted by Crippen LogP contribution is 2.38. The first-order valence-corrected chi connectivity index (χ1v) is 7.45. The second kappa shape index (κ2) is 5.21. The van der Waals surface area contributed by atoms with Gasteiger partial charge in [0.05, 0.1) is 10.6 Å². The van der Waals surface area contributed by atoms with Crippen LogP contribution in [0.15, 0.2) is 36.5 Å². The molecule has 0 radical (unpaired) electrons. The van der Waals surface area contributed by atoms with Gasteiger partial charge in [0, 0.05) is 22.7 Å². The number of aromatic nitrogens is 1. The summed E-state index contributed by atoms with van der Waals surface area (Å²) in [4.78, 5) is 14.2. The van der Waals surface area contributed by atoms with Gasteiger partial charge in [0.25, 0.3) is 0 Å². The number of ether oxygens (including phenoxy) is 2. The highest BCUT2D eigenvalue weighted by atomic mass is 35.5. The summed E-state index contributed by atoms with van der Waals surface area (Å²) >= 11 is 6.37. The van der Waals surface area contributed by atoms with Gasteiger partial charge in [-0.05, 0) is 29.8 Å². The van der Waals surface area contributed by atoms with Crippen LogP contribution in [0, 0.1) is 0 Å². The largest absolute Gasteiger partial charge is 0.486 e. The van der Waals surface area contributed by atoms with Crippen LogP contribution in [0.3, 0.4) is 0 Å². The number of fused-ring (bicyclic) bond motifs is 2. The predicted molar refractivity (Wildman–Crippen MR) is 86.7 cm³/mol. The van der Waals surface area contributed by atoms with Crippen LogP contribution in [0.2, 0.25) is 5.02 Å². The summed E-state index contributed by atoms with van der Waals surface area (Å²) in [6.07, 6.45) is 1.47. The summed E-state index contributed by atoms with van der Waals surface area (Å²) in [7, 11) is 0. The number of H-pyrrole nitrogens is 1. The van der Waals surface area contributed by atoms with Crippen molar-refractivity contribution < 1.29 is 19.4 Å². The number of aromatic carboxylic acids is 1. The van der Waals surface area contributed by atoms with Crippen LogP contribution in [0.25, 0.3) is 22.0 Å². The average Bonchev–Trinajstić information content (AvgIpc) is 2.96. The molecule has 0 amide bonds. The Labute approximate surface area is 136 Å². The Morgan fingerprint density at radius 3 is 2.70 bits per heavy atom. The summed E-state index contributed by atoms with van der Waals surface area (Å²) in [6, 6.07) is 9.08.